The second kappa shape index (κ2) is 5.64. The van der Waals surface area contributed by atoms with Gasteiger partial charge in [0, 0.05) is 18.9 Å². The fourth-order valence-corrected chi connectivity index (χ4v) is 3.13. The Morgan fingerprint density at radius 1 is 1.35 bits per heavy atom. The van der Waals surface area contributed by atoms with E-state index >= 15 is 0 Å². The van der Waals surface area contributed by atoms with Crippen LogP contribution in [-0.2, 0) is 16.0 Å². The Balaban J connectivity index is 2.63. The molecule has 9 heteroatoms. The molecule has 0 saturated carbocycles. The van der Waals surface area contributed by atoms with Gasteiger partial charge in [-0.25, -0.2) is 8.42 Å². The maximum atomic E-state index is 12.8. The van der Waals surface area contributed by atoms with Crippen molar-refractivity contribution in [3.8, 4) is 0 Å². The highest BCUT2D eigenvalue weighted by atomic mass is 32.2. The van der Waals surface area contributed by atoms with Gasteiger partial charge in [-0.1, -0.05) is 6.07 Å². The number of sulfone groups is 1. The molecule has 1 N–H and O–H groups in total. The SMILES string of the molecule is CC1=NN(C)C(O)C1=Cc1ccc(C(F)(F)F)cc1S(C)(=O)=O. The van der Waals surface area contributed by atoms with E-state index < -0.39 is 32.7 Å². The number of hydrogen-bond donors (Lipinski definition) is 1. The molecule has 1 aliphatic rings. The molecule has 1 unspecified atom stereocenters. The lowest BCUT2D eigenvalue weighted by Crippen LogP contribution is -2.23. The quantitative estimate of drug-likeness (QED) is 0.889. The van der Waals surface area contributed by atoms with Gasteiger partial charge in [0.2, 0.25) is 0 Å². The molecule has 0 bridgehead atoms. The molecule has 0 amide bonds. The Morgan fingerprint density at radius 2 is 1.96 bits per heavy atom. The summed E-state index contributed by atoms with van der Waals surface area (Å²) in [5.74, 6) is 0. The molecule has 1 aromatic carbocycles. The number of hydrazone groups is 1. The number of aliphatic hydroxyl groups excluding tert-OH is 1. The van der Waals surface area contributed by atoms with Crippen LogP contribution in [0.5, 0.6) is 0 Å². The molecule has 1 heterocycles. The van der Waals surface area contributed by atoms with Crippen molar-refractivity contribution in [3.63, 3.8) is 0 Å². The van der Waals surface area contributed by atoms with Crippen molar-refractivity contribution < 1.29 is 26.7 Å². The van der Waals surface area contributed by atoms with Crippen molar-refractivity contribution in [2.24, 2.45) is 5.10 Å². The zero-order valence-corrected chi connectivity index (χ0v) is 13.4. The first-order valence-electron chi connectivity index (χ1n) is 6.50. The first kappa shape index (κ1) is 17.5. The Bertz CT molecular complexity index is 798. The van der Waals surface area contributed by atoms with Gasteiger partial charge < -0.3 is 5.11 Å². The lowest BCUT2D eigenvalue weighted by Gasteiger charge is -2.14. The van der Waals surface area contributed by atoms with E-state index in [2.05, 4.69) is 5.10 Å². The minimum absolute atomic E-state index is 0.0689. The summed E-state index contributed by atoms with van der Waals surface area (Å²) in [5.41, 5.74) is -0.189. The van der Waals surface area contributed by atoms with Crippen molar-refractivity contribution in [1.82, 2.24) is 5.01 Å². The maximum absolute atomic E-state index is 12.8. The number of likely N-dealkylation sites (N-methyl/N-ethyl adjacent to an activating group) is 1. The fraction of sp³-hybridized carbons (Fsp3) is 0.357. The summed E-state index contributed by atoms with van der Waals surface area (Å²) in [7, 11) is -2.36. The van der Waals surface area contributed by atoms with Gasteiger partial charge in [0.15, 0.2) is 16.1 Å². The molecule has 1 aliphatic heterocycles. The second-order valence-corrected chi connectivity index (χ2v) is 7.24. The van der Waals surface area contributed by atoms with Crippen LogP contribution in [-0.4, -0.2) is 43.8 Å². The first-order chi connectivity index (χ1) is 10.4. The molecule has 0 aliphatic carbocycles. The number of benzene rings is 1. The van der Waals surface area contributed by atoms with Crippen molar-refractivity contribution in [1.29, 1.82) is 0 Å². The van der Waals surface area contributed by atoms with Crippen LogP contribution < -0.4 is 0 Å². The fourth-order valence-electron chi connectivity index (χ4n) is 2.23. The minimum Gasteiger partial charge on any atom is -0.368 e. The third-order valence-corrected chi connectivity index (χ3v) is 4.56. The highest BCUT2D eigenvalue weighted by Crippen LogP contribution is 2.33. The van der Waals surface area contributed by atoms with Crippen LogP contribution in [0.1, 0.15) is 18.1 Å². The zero-order valence-electron chi connectivity index (χ0n) is 12.6. The Hall–Kier alpha value is -1.87. The van der Waals surface area contributed by atoms with E-state index in [0.29, 0.717) is 17.4 Å². The molecule has 2 rings (SSSR count). The average Bonchev–Trinajstić information content (AvgIpc) is 2.63. The number of alkyl halides is 3. The van der Waals surface area contributed by atoms with Crippen LogP contribution in [0.3, 0.4) is 0 Å². The van der Waals surface area contributed by atoms with Gasteiger partial charge in [-0.3, -0.25) is 5.01 Å². The Morgan fingerprint density at radius 3 is 2.39 bits per heavy atom. The maximum Gasteiger partial charge on any atom is 0.416 e. The molecule has 1 atom stereocenters. The van der Waals surface area contributed by atoms with E-state index in [-0.39, 0.29) is 5.56 Å². The number of nitrogens with zero attached hydrogens (tertiary/aromatic N) is 2. The lowest BCUT2D eigenvalue weighted by molar-refractivity contribution is -0.137. The molecular formula is C14H15F3N2O3S. The van der Waals surface area contributed by atoms with E-state index in [0.717, 1.165) is 18.4 Å². The molecule has 5 nitrogen and oxygen atoms in total. The number of halogens is 3. The summed E-state index contributed by atoms with van der Waals surface area (Å²) in [4.78, 5) is -0.450. The van der Waals surface area contributed by atoms with Gasteiger partial charge >= 0.3 is 6.18 Å². The first-order valence-corrected chi connectivity index (χ1v) is 8.40. The van der Waals surface area contributed by atoms with Crippen molar-refractivity contribution >= 4 is 21.6 Å². The van der Waals surface area contributed by atoms with E-state index in [1.807, 2.05) is 0 Å². The predicted molar refractivity (Wildman–Crippen MR) is 79.4 cm³/mol. The minimum atomic E-state index is -4.64. The topological polar surface area (TPSA) is 70.0 Å². The zero-order chi connectivity index (χ0) is 17.6. The van der Waals surface area contributed by atoms with Crippen molar-refractivity contribution in [2.45, 2.75) is 24.2 Å². The van der Waals surface area contributed by atoms with Crippen LogP contribution in [0.4, 0.5) is 13.2 Å². The van der Waals surface area contributed by atoms with Crippen LogP contribution in [0.15, 0.2) is 33.8 Å². The molecule has 0 spiro atoms. The van der Waals surface area contributed by atoms with Crippen LogP contribution in [0, 0.1) is 0 Å². The molecule has 0 radical (unpaired) electrons. The smallest absolute Gasteiger partial charge is 0.368 e. The van der Waals surface area contributed by atoms with Crippen LogP contribution in [0.25, 0.3) is 6.08 Å². The summed E-state index contributed by atoms with van der Waals surface area (Å²) in [6.07, 6.45) is -3.55. The molecule has 23 heavy (non-hydrogen) atoms. The third kappa shape index (κ3) is 3.56. The lowest BCUT2D eigenvalue weighted by atomic mass is 10.0. The van der Waals surface area contributed by atoms with E-state index in [1.54, 1.807) is 6.92 Å². The van der Waals surface area contributed by atoms with Gasteiger partial charge in [-0.05, 0) is 30.7 Å². The van der Waals surface area contributed by atoms with Gasteiger partial charge in [-0.15, -0.1) is 0 Å². The summed E-state index contributed by atoms with van der Waals surface area (Å²) < 4.78 is 62.0. The van der Waals surface area contributed by atoms with Gasteiger partial charge in [0.05, 0.1) is 16.2 Å². The highest BCUT2D eigenvalue weighted by molar-refractivity contribution is 7.90. The Labute approximate surface area is 131 Å². The molecule has 0 saturated heterocycles. The van der Waals surface area contributed by atoms with Crippen LogP contribution >= 0.6 is 0 Å². The van der Waals surface area contributed by atoms with Gasteiger partial charge in [-0.2, -0.15) is 18.3 Å². The van der Waals surface area contributed by atoms with Gasteiger partial charge in [0.1, 0.15) is 0 Å². The number of aliphatic hydroxyl groups is 1. The highest BCUT2D eigenvalue weighted by Gasteiger charge is 2.32. The normalized spacial score (nSPS) is 21.0. The van der Waals surface area contributed by atoms with E-state index in [9.17, 15) is 26.7 Å². The van der Waals surface area contributed by atoms with Crippen molar-refractivity contribution in [3.05, 3.63) is 34.9 Å². The second-order valence-electron chi connectivity index (χ2n) is 5.25. The molecule has 0 aromatic heterocycles. The Kier molecular flexibility index (Phi) is 4.29. The standard InChI is InChI=1S/C14H15F3N2O3S/c1-8-11(13(20)19(2)18-8)6-9-4-5-10(14(15,16)17)7-12(9)23(3,21)22/h4-7,13,20H,1-3H3. The average molecular weight is 348 g/mol. The van der Waals surface area contributed by atoms with Gasteiger partial charge in [0.25, 0.3) is 0 Å². The molecule has 1 aromatic rings. The summed E-state index contributed by atoms with van der Waals surface area (Å²) in [5, 5.41) is 15.2. The predicted octanol–water partition coefficient (Wildman–Crippen LogP) is 2.13. The van der Waals surface area contributed by atoms with Crippen LogP contribution in [0.2, 0.25) is 0 Å². The molecule has 126 valence electrons. The molecular weight excluding hydrogens is 333 g/mol. The summed E-state index contributed by atoms with van der Waals surface area (Å²) in [6, 6.07) is 2.47. The van der Waals surface area contributed by atoms with E-state index in [4.69, 9.17) is 0 Å². The largest absolute Gasteiger partial charge is 0.416 e. The monoisotopic (exact) mass is 348 g/mol. The summed E-state index contributed by atoms with van der Waals surface area (Å²) in [6.45, 7) is 1.61. The van der Waals surface area contributed by atoms with Crippen molar-refractivity contribution in [2.75, 3.05) is 13.3 Å². The summed E-state index contributed by atoms with van der Waals surface area (Å²) >= 11 is 0. The third-order valence-electron chi connectivity index (χ3n) is 3.41. The number of rotatable bonds is 2. The molecule has 0 fully saturated rings. The van der Waals surface area contributed by atoms with E-state index in [1.165, 1.54) is 18.1 Å². The number of hydrogen-bond acceptors (Lipinski definition) is 5.